The van der Waals surface area contributed by atoms with Gasteiger partial charge in [0.1, 0.15) is 5.70 Å². The molecular weight excluding hydrogens is 179 g/mol. The highest BCUT2D eigenvalue weighted by molar-refractivity contribution is 5.80. The van der Waals surface area contributed by atoms with E-state index in [9.17, 15) is 13.2 Å². The summed E-state index contributed by atoms with van der Waals surface area (Å²) in [4.78, 5) is 3.42. The third-order valence-corrected chi connectivity index (χ3v) is 1.28. The van der Waals surface area contributed by atoms with Crippen LogP contribution in [0, 0.1) is 0 Å². The molecule has 0 spiro atoms. The Morgan fingerprint density at radius 3 is 1.92 bits per heavy atom. The van der Waals surface area contributed by atoms with Crippen molar-refractivity contribution in [3.05, 3.63) is 23.9 Å². The van der Waals surface area contributed by atoms with Gasteiger partial charge >= 0.3 is 6.18 Å². The highest BCUT2D eigenvalue weighted by Crippen LogP contribution is 2.29. The number of aliphatic imine (C=N–C) groups is 1. The van der Waals surface area contributed by atoms with Crippen molar-refractivity contribution in [3.8, 4) is 0 Å². The molecule has 0 rings (SSSR count). The summed E-state index contributed by atoms with van der Waals surface area (Å²) in [5.41, 5.74) is -0.468. The molecule has 0 unspecified atom stereocenters. The molecule has 1 nitrogen and oxygen atoms in total. The zero-order valence-electron chi connectivity index (χ0n) is 7.87. The van der Waals surface area contributed by atoms with Gasteiger partial charge in [0.25, 0.3) is 0 Å². The maximum absolute atomic E-state index is 12.3. The zero-order valence-corrected chi connectivity index (χ0v) is 7.87. The maximum Gasteiger partial charge on any atom is 0.433 e. The summed E-state index contributed by atoms with van der Waals surface area (Å²) in [7, 11) is 0. The van der Waals surface area contributed by atoms with E-state index in [-0.39, 0.29) is 5.57 Å². The molecule has 4 heteroatoms. The van der Waals surface area contributed by atoms with E-state index >= 15 is 0 Å². The van der Waals surface area contributed by atoms with Gasteiger partial charge in [-0.1, -0.05) is 12.7 Å². The van der Waals surface area contributed by atoms with Crippen LogP contribution in [0.5, 0.6) is 0 Å². The fraction of sp³-hybridized carbons (Fsp3) is 0.444. The van der Waals surface area contributed by atoms with Gasteiger partial charge < -0.3 is 0 Å². The molecule has 0 aromatic rings. The second-order valence-electron chi connectivity index (χ2n) is 2.79. The summed E-state index contributed by atoms with van der Waals surface area (Å²) in [6, 6.07) is 0. The molecule has 0 radical (unpaired) electrons. The van der Waals surface area contributed by atoms with Crippen molar-refractivity contribution in [2.45, 2.75) is 26.9 Å². The normalized spacial score (nSPS) is 13.4. The van der Waals surface area contributed by atoms with Gasteiger partial charge in [0.15, 0.2) is 0 Å². The zero-order chi connectivity index (χ0) is 10.6. The first-order chi connectivity index (χ1) is 5.79. The van der Waals surface area contributed by atoms with E-state index in [1.54, 1.807) is 0 Å². The predicted octanol–water partition coefficient (Wildman–Crippen LogP) is 3.49. The minimum atomic E-state index is -4.41. The lowest BCUT2D eigenvalue weighted by Gasteiger charge is -2.09. The van der Waals surface area contributed by atoms with Crippen LogP contribution in [0.3, 0.4) is 0 Å². The summed E-state index contributed by atoms with van der Waals surface area (Å²) in [5.74, 6) is 0. The van der Waals surface area contributed by atoms with E-state index in [0.717, 1.165) is 6.08 Å². The molecule has 0 aliphatic carbocycles. The van der Waals surface area contributed by atoms with Crippen LogP contribution in [-0.4, -0.2) is 11.9 Å². The molecule has 0 bridgehead atoms. The van der Waals surface area contributed by atoms with E-state index in [1.165, 1.54) is 20.8 Å². The molecule has 0 fully saturated rings. The van der Waals surface area contributed by atoms with Gasteiger partial charge in [0, 0.05) is 5.71 Å². The Labute approximate surface area is 75.7 Å². The molecular formula is C9H12F3N. The minimum absolute atomic E-state index is 0.0358. The lowest BCUT2D eigenvalue weighted by molar-refractivity contribution is -0.0929. The van der Waals surface area contributed by atoms with Gasteiger partial charge in [-0.2, -0.15) is 13.2 Å². The molecule has 0 amide bonds. The molecule has 0 N–H and O–H groups in total. The maximum atomic E-state index is 12.3. The Morgan fingerprint density at radius 1 is 1.23 bits per heavy atom. The number of rotatable bonds is 2. The topological polar surface area (TPSA) is 12.4 Å². The van der Waals surface area contributed by atoms with E-state index in [4.69, 9.17) is 0 Å². The minimum Gasteiger partial charge on any atom is -0.253 e. The molecule has 0 saturated heterocycles. The molecule has 0 aromatic heterocycles. The highest BCUT2D eigenvalue weighted by atomic mass is 19.4. The summed E-state index contributed by atoms with van der Waals surface area (Å²) >= 11 is 0. The van der Waals surface area contributed by atoms with E-state index in [2.05, 4.69) is 11.6 Å². The Hall–Kier alpha value is -1.06. The summed E-state index contributed by atoms with van der Waals surface area (Å²) in [6.07, 6.45) is -3.26. The fourth-order valence-electron chi connectivity index (χ4n) is 0.695. The molecule has 0 aliphatic rings. The lowest BCUT2D eigenvalue weighted by atomic mass is 10.2. The van der Waals surface area contributed by atoms with Crippen molar-refractivity contribution in [3.63, 3.8) is 0 Å². The smallest absolute Gasteiger partial charge is 0.253 e. The van der Waals surface area contributed by atoms with Crippen LogP contribution in [0.2, 0.25) is 0 Å². The number of hydrogen-bond acceptors (Lipinski definition) is 1. The average Bonchev–Trinajstić information content (AvgIpc) is 1.96. The second kappa shape index (κ2) is 4.25. The van der Waals surface area contributed by atoms with E-state index < -0.39 is 11.9 Å². The number of hydrogen-bond donors (Lipinski definition) is 0. The van der Waals surface area contributed by atoms with Gasteiger partial charge in [-0.05, 0) is 26.3 Å². The van der Waals surface area contributed by atoms with Crippen molar-refractivity contribution in [1.82, 2.24) is 0 Å². The third-order valence-electron chi connectivity index (χ3n) is 1.28. The molecule has 0 aromatic carbocycles. The van der Waals surface area contributed by atoms with E-state index in [1.807, 2.05) is 0 Å². The molecule has 0 atom stereocenters. The predicted molar refractivity (Wildman–Crippen MR) is 47.7 cm³/mol. The van der Waals surface area contributed by atoms with Gasteiger partial charge in [-0.25, -0.2) is 0 Å². The van der Waals surface area contributed by atoms with Crippen LogP contribution in [-0.2, 0) is 0 Å². The third kappa shape index (κ3) is 3.92. The van der Waals surface area contributed by atoms with Crippen molar-refractivity contribution in [2.24, 2.45) is 4.99 Å². The summed E-state index contributed by atoms with van der Waals surface area (Å²) < 4.78 is 36.9. The average molecular weight is 191 g/mol. The Kier molecular flexibility index (Phi) is 3.91. The standard InChI is InChI=1S/C9H12F3N/c1-5-7(4)8(9(10,11)12)13-6(2)3/h5H,1H2,2-4H3/b8-7+. The largest absolute Gasteiger partial charge is 0.433 e. The summed E-state index contributed by atoms with van der Waals surface area (Å²) in [5, 5.41) is 0. The first kappa shape index (κ1) is 11.9. The van der Waals surface area contributed by atoms with Crippen LogP contribution >= 0.6 is 0 Å². The van der Waals surface area contributed by atoms with E-state index in [0.29, 0.717) is 5.71 Å². The molecule has 0 aliphatic heterocycles. The Morgan fingerprint density at radius 2 is 1.69 bits per heavy atom. The van der Waals surface area contributed by atoms with Gasteiger partial charge in [0.2, 0.25) is 0 Å². The van der Waals surface area contributed by atoms with Crippen LogP contribution < -0.4 is 0 Å². The molecule has 0 saturated carbocycles. The van der Waals surface area contributed by atoms with Crippen LogP contribution in [0.25, 0.3) is 0 Å². The fourth-order valence-corrected chi connectivity index (χ4v) is 0.695. The van der Waals surface area contributed by atoms with Crippen molar-refractivity contribution < 1.29 is 13.2 Å². The Bertz CT molecular complexity index is 255. The first-order valence-electron chi connectivity index (χ1n) is 3.71. The highest BCUT2D eigenvalue weighted by Gasteiger charge is 2.34. The quantitative estimate of drug-likeness (QED) is 0.468. The van der Waals surface area contributed by atoms with Crippen molar-refractivity contribution in [2.75, 3.05) is 0 Å². The van der Waals surface area contributed by atoms with Gasteiger partial charge in [0.05, 0.1) is 0 Å². The van der Waals surface area contributed by atoms with Crippen molar-refractivity contribution in [1.29, 1.82) is 0 Å². The lowest BCUT2D eigenvalue weighted by Crippen LogP contribution is -2.12. The van der Waals surface area contributed by atoms with Crippen LogP contribution in [0.15, 0.2) is 28.9 Å². The molecule has 0 heterocycles. The SMILES string of the molecule is C=C/C(C)=C(/N=C(C)C)C(F)(F)F. The van der Waals surface area contributed by atoms with Crippen LogP contribution in [0.4, 0.5) is 13.2 Å². The number of nitrogens with zero attached hydrogens (tertiary/aromatic N) is 1. The van der Waals surface area contributed by atoms with Crippen LogP contribution in [0.1, 0.15) is 20.8 Å². The second-order valence-corrected chi connectivity index (χ2v) is 2.79. The van der Waals surface area contributed by atoms with Gasteiger partial charge in [-0.15, -0.1) is 0 Å². The molecule has 13 heavy (non-hydrogen) atoms. The Balaban J connectivity index is 5.24. The summed E-state index contributed by atoms with van der Waals surface area (Å²) in [6.45, 7) is 7.64. The monoisotopic (exact) mass is 191 g/mol. The van der Waals surface area contributed by atoms with Gasteiger partial charge in [-0.3, -0.25) is 4.99 Å². The molecule has 74 valence electrons. The number of alkyl halides is 3. The van der Waals surface area contributed by atoms with Crippen molar-refractivity contribution >= 4 is 5.71 Å². The number of halogens is 3. The number of allylic oxidation sites excluding steroid dienone is 3. The first-order valence-corrected chi connectivity index (χ1v) is 3.71.